The van der Waals surface area contributed by atoms with E-state index in [0.29, 0.717) is 16.8 Å². The van der Waals surface area contributed by atoms with Gasteiger partial charge in [-0.3, -0.25) is 0 Å². The number of rotatable bonds is 2. The summed E-state index contributed by atoms with van der Waals surface area (Å²) in [6, 6.07) is 4.66. The van der Waals surface area contributed by atoms with Gasteiger partial charge in [0, 0.05) is 11.7 Å². The Morgan fingerprint density at radius 2 is 1.89 bits per heavy atom. The molecule has 3 aliphatic rings. The smallest absolute Gasteiger partial charge is 0.0656 e. The van der Waals surface area contributed by atoms with E-state index in [0.717, 1.165) is 23.7 Å². The normalized spacial score (nSPS) is 39.8. The number of halogens is 1. The first-order chi connectivity index (χ1) is 8.65. The molecular formula is C15H19ClN2. The van der Waals surface area contributed by atoms with E-state index in [2.05, 4.69) is 12.2 Å². The molecule has 2 bridgehead atoms. The summed E-state index contributed by atoms with van der Waals surface area (Å²) in [4.78, 5) is 0. The third kappa shape index (κ3) is 1.41. The van der Waals surface area contributed by atoms with Gasteiger partial charge in [0.2, 0.25) is 0 Å². The van der Waals surface area contributed by atoms with Gasteiger partial charge in [0.1, 0.15) is 0 Å². The van der Waals surface area contributed by atoms with Gasteiger partial charge in [-0.05, 0) is 67.6 Å². The SMILES string of the molecule is Cc1cc(N)c(Cl)cc1NC1C2C3CCC(C3)C12. The Hall–Kier alpha value is -0.890. The van der Waals surface area contributed by atoms with Crippen molar-refractivity contribution < 1.29 is 0 Å². The van der Waals surface area contributed by atoms with Crippen LogP contribution in [0.15, 0.2) is 12.1 Å². The van der Waals surface area contributed by atoms with Gasteiger partial charge < -0.3 is 11.1 Å². The first-order valence-electron chi connectivity index (χ1n) is 6.97. The minimum absolute atomic E-state index is 0.664. The monoisotopic (exact) mass is 262 g/mol. The van der Waals surface area contributed by atoms with Gasteiger partial charge in [-0.1, -0.05) is 11.6 Å². The number of fused-ring (bicyclic) bond motifs is 5. The highest BCUT2D eigenvalue weighted by molar-refractivity contribution is 6.33. The van der Waals surface area contributed by atoms with Crippen LogP contribution in [0.25, 0.3) is 0 Å². The van der Waals surface area contributed by atoms with Crippen LogP contribution >= 0.6 is 11.6 Å². The quantitative estimate of drug-likeness (QED) is 0.798. The van der Waals surface area contributed by atoms with E-state index < -0.39 is 0 Å². The van der Waals surface area contributed by atoms with Crippen LogP contribution < -0.4 is 11.1 Å². The van der Waals surface area contributed by atoms with Crippen molar-refractivity contribution in [2.45, 2.75) is 32.2 Å². The Morgan fingerprint density at radius 3 is 2.56 bits per heavy atom. The maximum Gasteiger partial charge on any atom is 0.0656 e. The fraction of sp³-hybridized carbons (Fsp3) is 0.600. The van der Waals surface area contributed by atoms with Crippen LogP contribution in [-0.2, 0) is 0 Å². The molecular weight excluding hydrogens is 244 g/mol. The van der Waals surface area contributed by atoms with Gasteiger partial charge >= 0.3 is 0 Å². The van der Waals surface area contributed by atoms with Crippen molar-refractivity contribution in [3.63, 3.8) is 0 Å². The lowest BCUT2D eigenvalue weighted by Gasteiger charge is -2.15. The van der Waals surface area contributed by atoms with Gasteiger partial charge in [-0.15, -0.1) is 0 Å². The van der Waals surface area contributed by atoms with Gasteiger partial charge in [0.05, 0.1) is 10.7 Å². The number of hydrogen-bond donors (Lipinski definition) is 2. The van der Waals surface area contributed by atoms with Crippen molar-refractivity contribution in [3.8, 4) is 0 Å². The molecule has 0 heterocycles. The second kappa shape index (κ2) is 3.57. The van der Waals surface area contributed by atoms with Gasteiger partial charge in [-0.25, -0.2) is 0 Å². The molecule has 3 fully saturated rings. The zero-order chi connectivity index (χ0) is 12.4. The molecule has 96 valence electrons. The molecule has 4 rings (SSSR count). The highest BCUT2D eigenvalue weighted by Gasteiger charge is 2.65. The lowest BCUT2D eigenvalue weighted by Crippen LogP contribution is -2.13. The Kier molecular flexibility index (Phi) is 2.18. The number of aryl methyl sites for hydroxylation is 1. The fourth-order valence-corrected chi connectivity index (χ4v) is 4.72. The average molecular weight is 263 g/mol. The van der Waals surface area contributed by atoms with Crippen molar-refractivity contribution in [2.24, 2.45) is 23.7 Å². The summed E-state index contributed by atoms with van der Waals surface area (Å²) in [5.74, 6) is 3.89. The molecule has 3 saturated carbocycles. The van der Waals surface area contributed by atoms with Crippen LogP contribution in [0, 0.1) is 30.6 Å². The van der Waals surface area contributed by atoms with Crippen molar-refractivity contribution in [3.05, 3.63) is 22.7 Å². The Morgan fingerprint density at radius 1 is 1.22 bits per heavy atom. The standard InChI is InChI=1S/C15H19ClN2/c1-7-4-11(17)10(16)6-12(7)18-15-13-8-2-3-9(5-8)14(13)15/h4,6,8-9,13-15,18H,2-3,5,17H2,1H3. The highest BCUT2D eigenvalue weighted by atomic mass is 35.5. The largest absolute Gasteiger partial charge is 0.398 e. The van der Waals surface area contributed by atoms with Crippen LogP contribution in [0.4, 0.5) is 11.4 Å². The van der Waals surface area contributed by atoms with E-state index in [9.17, 15) is 0 Å². The van der Waals surface area contributed by atoms with E-state index >= 15 is 0 Å². The molecule has 4 unspecified atom stereocenters. The summed E-state index contributed by atoms with van der Waals surface area (Å²) >= 11 is 6.11. The number of hydrogen-bond acceptors (Lipinski definition) is 2. The number of nitrogen functional groups attached to an aromatic ring is 1. The first-order valence-corrected chi connectivity index (χ1v) is 7.35. The molecule has 3 N–H and O–H groups in total. The Labute approximate surface area is 113 Å². The van der Waals surface area contributed by atoms with Crippen molar-refractivity contribution in [1.29, 1.82) is 0 Å². The third-order valence-electron chi connectivity index (χ3n) is 5.40. The van der Waals surface area contributed by atoms with Crippen LogP contribution in [0.3, 0.4) is 0 Å². The minimum atomic E-state index is 0.664. The molecule has 0 aliphatic heterocycles. The summed E-state index contributed by atoms with van der Waals surface area (Å²) in [6.45, 7) is 2.10. The van der Waals surface area contributed by atoms with E-state index in [1.165, 1.54) is 30.5 Å². The van der Waals surface area contributed by atoms with Crippen LogP contribution in [0.5, 0.6) is 0 Å². The van der Waals surface area contributed by atoms with Crippen molar-refractivity contribution >= 4 is 23.0 Å². The van der Waals surface area contributed by atoms with Gasteiger partial charge in [0.25, 0.3) is 0 Å². The topological polar surface area (TPSA) is 38.0 Å². The lowest BCUT2D eigenvalue weighted by atomic mass is 10.0. The van der Waals surface area contributed by atoms with Gasteiger partial charge in [-0.2, -0.15) is 0 Å². The van der Waals surface area contributed by atoms with Crippen molar-refractivity contribution in [2.75, 3.05) is 11.1 Å². The highest BCUT2D eigenvalue weighted by Crippen LogP contribution is 2.66. The van der Waals surface area contributed by atoms with Crippen LogP contribution in [-0.4, -0.2) is 6.04 Å². The van der Waals surface area contributed by atoms with Crippen molar-refractivity contribution in [1.82, 2.24) is 0 Å². The zero-order valence-electron chi connectivity index (χ0n) is 10.6. The lowest BCUT2D eigenvalue weighted by molar-refractivity contribution is 0.456. The molecule has 3 aliphatic carbocycles. The Balaban J connectivity index is 1.55. The van der Waals surface area contributed by atoms with Crippen LogP contribution in [0.1, 0.15) is 24.8 Å². The number of anilines is 2. The fourth-order valence-electron chi connectivity index (χ4n) is 4.56. The molecule has 18 heavy (non-hydrogen) atoms. The molecule has 1 aromatic rings. The maximum atomic E-state index is 6.11. The third-order valence-corrected chi connectivity index (χ3v) is 5.73. The molecule has 4 atom stereocenters. The first kappa shape index (κ1) is 11.0. The molecule has 2 nitrogen and oxygen atoms in total. The average Bonchev–Trinajstić information content (AvgIpc) is 2.72. The zero-order valence-corrected chi connectivity index (χ0v) is 11.4. The molecule has 0 radical (unpaired) electrons. The number of nitrogens with one attached hydrogen (secondary N) is 1. The second-order valence-electron chi connectivity index (χ2n) is 6.35. The molecule has 0 saturated heterocycles. The molecule has 1 aromatic carbocycles. The summed E-state index contributed by atoms with van der Waals surface area (Å²) in [7, 11) is 0. The van der Waals surface area contributed by atoms with Crippen LogP contribution in [0.2, 0.25) is 5.02 Å². The van der Waals surface area contributed by atoms with Gasteiger partial charge in [0.15, 0.2) is 0 Å². The minimum Gasteiger partial charge on any atom is -0.398 e. The van der Waals surface area contributed by atoms with E-state index in [-0.39, 0.29) is 0 Å². The summed E-state index contributed by atoms with van der Waals surface area (Å²) in [5.41, 5.74) is 8.88. The molecule has 0 amide bonds. The Bertz CT molecular complexity index is 497. The summed E-state index contributed by atoms with van der Waals surface area (Å²) in [6.07, 6.45) is 4.42. The van der Waals surface area contributed by atoms with E-state index in [4.69, 9.17) is 17.3 Å². The molecule has 0 aromatic heterocycles. The predicted octanol–water partition coefficient (Wildman–Crippen LogP) is 3.69. The molecule has 3 heteroatoms. The van der Waals surface area contributed by atoms with E-state index in [1.54, 1.807) is 0 Å². The maximum absolute atomic E-state index is 6.11. The number of benzene rings is 1. The predicted molar refractivity (Wildman–Crippen MR) is 75.8 cm³/mol. The van der Waals surface area contributed by atoms with E-state index in [1.807, 2.05) is 12.1 Å². The summed E-state index contributed by atoms with van der Waals surface area (Å²) in [5, 5.41) is 4.38. The molecule has 0 spiro atoms. The second-order valence-corrected chi connectivity index (χ2v) is 6.75. The number of nitrogens with two attached hydrogens (primary N) is 1. The summed E-state index contributed by atoms with van der Waals surface area (Å²) < 4.78 is 0.